The van der Waals surface area contributed by atoms with E-state index in [1.165, 1.54) is 39.0 Å². The van der Waals surface area contributed by atoms with E-state index in [4.69, 9.17) is 4.74 Å². The van der Waals surface area contributed by atoms with Crippen LogP contribution in [0.2, 0.25) is 0 Å². The van der Waals surface area contributed by atoms with Crippen molar-refractivity contribution in [2.75, 3.05) is 66.2 Å². The number of carbonyl (C=O) groups is 2. The van der Waals surface area contributed by atoms with Gasteiger partial charge in [-0.3, -0.25) is 0 Å². The molecule has 310 valence electrons. The van der Waals surface area contributed by atoms with E-state index in [-0.39, 0.29) is 13.1 Å². The molecule has 0 saturated heterocycles. The van der Waals surface area contributed by atoms with Crippen LogP contribution in [-0.4, -0.2) is 119 Å². The van der Waals surface area contributed by atoms with Crippen molar-refractivity contribution in [2.24, 2.45) is 0 Å². The molecule has 0 aliphatic heterocycles. The molecular weight excluding hydrogens is 774 g/mol. The highest BCUT2D eigenvalue weighted by Crippen LogP contribution is 2.37. The van der Waals surface area contributed by atoms with Crippen molar-refractivity contribution in [3.8, 4) is 33.5 Å². The van der Waals surface area contributed by atoms with Gasteiger partial charge in [-0.15, -0.1) is 18.3 Å². The molecule has 0 radical (unpaired) electrons. The van der Waals surface area contributed by atoms with E-state index in [0.717, 1.165) is 22.8 Å². The predicted octanol–water partition coefficient (Wildman–Crippen LogP) is 7.61. The molecule has 0 saturated carbocycles. The third-order valence-corrected chi connectivity index (χ3v) is 9.61. The van der Waals surface area contributed by atoms with Crippen LogP contribution in [0.3, 0.4) is 0 Å². The van der Waals surface area contributed by atoms with Gasteiger partial charge in [0.25, 0.3) is 0 Å². The molecule has 2 aromatic heterocycles. The highest BCUT2D eigenvalue weighted by atomic mass is 32.1. The molecule has 0 aliphatic carbocycles. The number of hydrazine groups is 1. The molecule has 0 fully saturated rings. The molecule has 2 heterocycles. The van der Waals surface area contributed by atoms with Gasteiger partial charge in [0.05, 0.1) is 27.6 Å². The number of urea groups is 2. The van der Waals surface area contributed by atoms with Gasteiger partial charge in [0.1, 0.15) is 22.9 Å². The first-order valence-electron chi connectivity index (χ1n) is 18.7. The average molecular weight is 823 g/mol. The van der Waals surface area contributed by atoms with Crippen LogP contribution in [-0.2, 0) is 6.42 Å². The Morgan fingerprint density at radius 3 is 1.91 bits per heavy atom. The van der Waals surface area contributed by atoms with Gasteiger partial charge in [-0.25, -0.2) is 24.3 Å². The Morgan fingerprint density at radius 2 is 1.34 bits per heavy atom. The number of amides is 4. The molecular formula is C40H49F3N10O4S. The fourth-order valence-electron chi connectivity index (χ4n) is 5.97. The molecule has 3 aromatic carbocycles. The van der Waals surface area contributed by atoms with E-state index in [0.29, 0.717) is 78.0 Å². The summed E-state index contributed by atoms with van der Waals surface area (Å²) < 4.78 is 54.3. The van der Waals surface area contributed by atoms with Gasteiger partial charge >= 0.3 is 18.4 Å². The van der Waals surface area contributed by atoms with Crippen molar-refractivity contribution in [1.29, 1.82) is 0 Å². The summed E-state index contributed by atoms with van der Waals surface area (Å²) in [6.45, 7) is 5.58. The molecule has 0 bridgehead atoms. The van der Waals surface area contributed by atoms with Gasteiger partial charge in [-0.05, 0) is 140 Å². The van der Waals surface area contributed by atoms with E-state index in [1.54, 1.807) is 13.8 Å². The summed E-state index contributed by atoms with van der Waals surface area (Å²) in [4.78, 5) is 33.2. The van der Waals surface area contributed by atoms with Gasteiger partial charge in [-0.1, -0.05) is 34.8 Å². The van der Waals surface area contributed by atoms with E-state index in [9.17, 15) is 22.8 Å². The number of aromatic nitrogens is 4. The summed E-state index contributed by atoms with van der Waals surface area (Å²) >= 11 is 1.08. The number of carbonyl (C=O) groups excluding carboxylic acids is 2. The second kappa shape index (κ2) is 20.1. The molecule has 18 heteroatoms. The highest BCUT2D eigenvalue weighted by Gasteiger charge is 2.32. The van der Waals surface area contributed by atoms with Crippen molar-refractivity contribution in [3.05, 3.63) is 95.8 Å². The molecule has 2 N–H and O–H groups in total. The Morgan fingerprint density at radius 1 is 0.759 bits per heavy atom. The maximum atomic E-state index is 14.5. The van der Waals surface area contributed by atoms with Crippen LogP contribution in [0.1, 0.15) is 29.8 Å². The average Bonchev–Trinajstić information content (AvgIpc) is 3.73. The highest BCUT2D eigenvalue weighted by molar-refractivity contribution is 7.09. The molecule has 5 aromatic rings. The first-order valence-corrected chi connectivity index (χ1v) is 19.5. The Labute approximate surface area is 340 Å². The monoisotopic (exact) mass is 822 g/mol. The number of ether oxygens (including phenoxy) is 2. The van der Waals surface area contributed by atoms with Crippen molar-refractivity contribution < 1.29 is 32.2 Å². The molecule has 0 atom stereocenters. The zero-order chi connectivity index (χ0) is 41.8. The van der Waals surface area contributed by atoms with E-state index in [2.05, 4.69) is 30.1 Å². The van der Waals surface area contributed by atoms with Gasteiger partial charge in [0, 0.05) is 19.6 Å². The molecule has 0 aliphatic rings. The van der Waals surface area contributed by atoms with Crippen LogP contribution >= 0.6 is 11.5 Å². The lowest BCUT2D eigenvalue weighted by Gasteiger charge is -2.35. The van der Waals surface area contributed by atoms with Crippen LogP contribution in [0.15, 0.2) is 78.9 Å². The molecule has 0 spiro atoms. The van der Waals surface area contributed by atoms with Gasteiger partial charge in [0.2, 0.25) is 0 Å². The fourth-order valence-corrected chi connectivity index (χ4v) is 6.67. The molecule has 0 unspecified atom stereocenters. The minimum atomic E-state index is -4.85. The van der Waals surface area contributed by atoms with Gasteiger partial charge < -0.3 is 29.9 Å². The predicted molar refractivity (Wildman–Crippen MR) is 217 cm³/mol. The largest absolute Gasteiger partial charge is 0.573 e. The van der Waals surface area contributed by atoms with E-state index in [1.807, 2.05) is 92.6 Å². The van der Waals surface area contributed by atoms with Crippen molar-refractivity contribution in [2.45, 2.75) is 39.5 Å². The zero-order valence-electron chi connectivity index (χ0n) is 33.4. The summed E-state index contributed by atoms with van der Waals surface area (Å²) in [5, 5.41) is 17.8. The first-order chi connectivity index (χ1) is 27.7. The van der Waals surface area contributed by atoms with Crippen LogP contribution in [0, 0.1) is 13.8 Å². The maximum Gasteiger partial charge on any atom is 0.573 e. The van der Waals surface area contributed by atoms with Crippen molar-refractivity contribution in [3.63, 3.8) is 0 Å². The minimum absolute atomic E-state index is 0.215. The maximum absolute atomic E-state index is 14.5. The first kappa shape index (κ1) is 43.4. The number of aryl methyl sites for hydroxylation is 2. The van der Waals surface area contributed by atoms with Crippen LogP contribution < -0.4 is 20.1 Å². The van der Waals surface area contributed by atoms with Crippen molar-refractivity contribution in [1.82, 2.24) is 44.5 Å². The number of nitrogens with zero attached hydrogens (tertiary/aromatic N) is 8. The Hall–Kier alpha value is -5.72. The summed E-state index contributed by atoms with van der Waals surface area (Å²) in [6, 6.07) is 21.4. The summed E-state index contributed by atoms with van der Waals surface area (Å²) in [5.74, 6) is 1.04. The molecule has 4 amide bonds. The lowest BCUT2D eigenvalue weighted by molar-refractivity contribution is -0.274. The third-order valence-electron chi connectivity index (χ3n) is 8.78. The lowest BCUT2D eigenvalue weighted by Crippen LogP contribution is -2.56. The smallest absolute Gasteiger partial charge is 0.457 e. The topological polar surface area (TPSA) is 133 Å². The zero-order valence-corrected chi connectivity index (χ0v) is 34.2. The number of hydrogen-bond donors (Lipinski definition) is 2. The number of hydrogen-bond acceptors (Lipinski definition) is 10. The number of nitrogens with one attached hydrogen (secondary N) is 2. The molecule has 58 heavy (non-hydrogen) atoms. The number of halogens is 3. The lowest BCUT2D eigenvalue weighted by atomic mass is 10.1. The fraction of sp³-hybridized carbons (Fsp3) is 0.375. The standard InChI is InChI=1S/C40H49F3N10O4S/c1-28-35(36(37-29(2)46-48-58-37)53(47-28)31-16-20-34(21-17-31)57-40(41,42)43)45-39(55)52(27-11-25-50(5)6)51(26-10-24-49(3)4)38(54)44-23-22-30-14-18-33(19-15-30)56-32-12-8-7-9-13-32/h7-9,12-21H,10-11,22-27H2,1-6H3,(H,44,54)(H,45,55). The minimum Gasteiger partial charge on any atom is -0.457 e. The third kappa shape index (κ3) is 12.4. The Kier molecular flexibility index (Phi) is 15.1. The number of para-hydroxylation sites is 1. The normalized spacial score (nSPS) is 11.5. The van der Waals surface area contributed by atoms with Crippen LogP contribution in [0.5, 0.6) is 17.2 Å². The van der Waals surface area contributed by atoms with E-state index >= 15 is 0 Å². The summed E-state index contributed by atoms with van der Waals surface area (Å²) in [7, 11) is 7.75. The molecule has 14 nitrogen and oxygen atoms in total. The number of rotatable bonds is 17. The SMILES string of the molecule is Cc1nnsc1-c1c(NC(=O)N(CCCN(C)C)N(CCCN(C)C)C(=O)NCCc2ccc(Oc3ccccc3)cc2)c(C)nn1-c1ccc(OC(F)(F)F)cc1. The number of anilines is 1. The second-order valence-corrected chi connectivity index (χ2v) is 14.7. The number of alkyl halides is 3. The van der Waals surface area contributed by atoms with Crippen LogP contribution in [0.25, 0.3) is 16.3 Å². The Balaban J connectivity index is 1.39. The molecule has 5 rings (SSSR count). The van der Waals surface area contributed by atoms with Gasteiger partial charge in [0.15, 0.2) is 0 Å². The quantitative estimate of drug-likeness (QED) is 0.0910. The van der Waals surface area contributed by atoms with Gasteiger partial charge in [-0.2, -0.15) is 5.10 Å². The Bertz CT molecular complexity index is 2080. The van der Waals surface area contributed by atoms with E-state index < -0.39 is 24.2 Å². The summed E-state index contributed by atoms with van der Waals surface area (Å²) in [6.07, 6.45) is -3.16. The summed E-state index contributed by atoms with van der Waals surface area (Å²) in [5.41, 5.74) is 3.15. The number of benzene rings is 3. The second-order valence-electron chi connectivity index (χ2n) is 14.0. The van der Waals surface area contributed by atoms with Crippen molar-refractivity contribution >= 4 is 29.3 Å². The van der Waals surface area contributed by atoms with Crippen LogP contribution in [0.4, 0.5) is 28.4 Å².